The molecule has 192 valence electrons. The Bertz CT molecular complexity index is 1130. The molecule has 13 heteroatoms. The predicted octanol–water partition coefficient (Wildman–Crippen LogP) is -0.240. The summed E-state index contributed by atoms with van der Waals surface area (Å²) in [5, 5.41) is 14.2. The zero-order chi connectivity index (χ0) is 26.4. The van der Waals surface area contributed by atoms with Crippen molar-refractivity contribution in [1.29, 1.82) is 0 Å². The van der Waals surface area contributed by atoms with E-state index in [1.807, 2.05) is 0 Å². The van der Waals surface area contributed by atoms with E-state index in [2.05, 4.69) is 10.6 Å². The lowest BCUT2D eigenvalue weighted by Crippen LogP contribution is -2.71. The van der Waals surface area contributed by atoms with Gasteiger partial charge in [0.2, 0.25) is 11.8 Å². The molecule has 0 bridgehead atoms. The number of rotatable bonds is 6. The minimum Gasteiger partial charge on any atom is -0.480 e. The SMILES string of the molecule is CCN1CCN(C(=O)NC(C(=O)N[C@@H]2C(=O)N3[C@@H]2SC(C)(C)[C@H]3C(=O)O)c2ccccc2)C(=O)C1=O. The number of piperazine rings is 1. The topological polar surface area (TPSA) is 156 Å². The first-order valence-electron chi connectivity index (χ1n) is 11.5. The molecule has 6 amide bonds. The van der Waals surface area contributed by atoms with E-state index < -0.39 is 63.9 Å². The molecule has 36 heavy (non-hydrogen) atoms. The average molecular weight is 518 g/mol. The van der Waals surface area contributed by atoms with Crippen LogP contribution in [0.3, 0.4) is 0 Å². The summed E-state index contributed by atoms with van der Waals surface area (Å²) in [4.78, 5) is 78.8. The van der Waals surface area contributed by atoms with E-state index in [9.17, 15) is 33.9 Å². The largest absolute Gasteiger partial charge is 0.480 e. The van der Waals surface area contributed by atoms with Gasteiger partial charge in [0.05, 0.1) is 0 Å². The summed E-state index contributed by atoms with van der Waals surface area (Å²) in [5.41, 5.74) is 0.403. The molecule has 0 radical (unpaired) electrons. The van der Waals surface area contributed by atoms with E-state index in [1.54, 1.807) is 51.1 Å². The molecule has 3 fully saturated rings. The second kappa shape index (κ2) is 9.45. The highest BCUT2D eigenvalue weighted by molar-refractivity contribution is 8.01. The molecule has 0 aromatic heterocycles. The van der Waals surface area contributed by atoms with Crippen molar-refractivity contribution in [2.45, 2.75) is 49.0 Å². The van der Waals surface area contributed by atoms with Crippen molar-refractivity contribution in [3.8, 4) is 0 Å². The molecule has 3 saturated heterocycles. The van der Waals surface area contributed by atoms with Crippen molar-refractivity contribution in [2.24, 2.45) is 0 Å². The van der Waals surface area contributed by atoms with Crippen molar-refractivity contribution in [3.63, 3.8) is 0 Å². The third kappa shape index (κ3) is 4.27. The Balaban J connectivity index is 1.51. The molecular formula is C23H27N5O7S. The van der Waals surface area contributed by atoms with Crippen LogP contribution >= 0.6 is 11.8 Å². The van der Waals surface area contributed by atoms with Gasteiger partial charge in [-0.05, 0) is 26.3 Å². The second-order valence-electron chi connectivity index (χ2n) is 9.22. The smallest absolute Gasteiger partial charge is 0.327 e. The average Bonchev–Trinajstić information content (AvgIpc) is 3.10. The molecule has 1 aromatic rings. The lowest BCUT2D eigenvalue weighted by Gasteiger charge is -2.44. The van der Waals surface area contributed by atoms with E-state index >= 15 is 0 Å². The van der Waals surface area contributed by atoms with Crippen LogP contribution in [0.1, 0.15) is 32.4 Å². The van der Waals surface area contributed by atoms with Gasteiger partial charge < -0.3 is 25.5 Å². The van der Waals surface area contributed by atoms with Crippen LogP contribution in [0.5, 0.6) is 0 Å². The van der Waals surface area contributed by atoms with Gasteiger partial charge in [-0.25, -0.2) is 9.59 Å². The molecule has 1 aromatic carbocycles. The van der Waals surface area contributed by atoms with Gasteiger partial charge in [-0.1, -0.05) is 30.3 Å². The number of carboxylic acid groups (broad SMARTS) is 1. The molecule has 3 aliphatic heterocycles. The molecule has 4 atom stereocenters. The quantitative estimate of drug-likeness (QED) is 0.345. The molecule has 3 heterocycles. The summed E-state index contributed by atoms with van der Waals surface area (Å²) in [6, 6.07) is 4.11. The lowest BCUT2D eigenvalue weighted by molar-refractivity contribution is -0.161. The monoisotopic (exact) mass is 517 g/mol. The third-order valence-electron chi connectivity index (χ3n) is 6.57. The van der Waals surface area contributed by atoms with Crippen molar-refractivity contribution in [3.05, 3.63) is 35.9 Å². The Hall–Kier alpha value is -3.61. The van der Waals surface area contributed by atoms with Crippen LogP contribution in [0.2, 0.25) is 0 Å². The van der Waals surface area contributed by atoms with Crippen LogP contribution in [0, 0.1) is 0 Å². The number of hydrogen-bond acceptors (Lipinski definition) is 7. The molecule has 3 aliphatic rings. The molecule has 4 rings (SSSR count). The number of fused-ring (bicyclic) bond motifs is 1. The molecule has 12 nitrogen and oxygen atoms in total. The zero-order valence-corrected chi connectivity index (χ0v) is 20.8. The van der Waals surface area contributed by atoms with Gasteiger partial charge in [-0.15, -0.1) is 11.8 Å². The number of carboxylic acids is 1. The van der Waals surface area contributed by atoms with Crippen molar-refractivity contribution < 1.29 is 33.9 Å². The highest BCUT2D eigenvalue weighted by Crippen LogP contribution is 2.50. The summed E-state index contributed by atoms with van der Waals surface area (Å²) in [6.45, 7) is 5.67. The highest BCUT2D eigenvalue weighted by Gasteiger charge is 2.64. The number of hydrogen-bond donors (Lipinski definition) is 3. The number of carbonyl (C=O) groups excluding carboxylic acids is 5. The Kier molecular flexibility index (Phi) is 6.69. The number of urea groups is 1. The third-order valence-corrected chi connectivity index (χ3v) is 8.14. The Morgan fingerprint density at radius 2 is 1.78 bits per heavy atom. The van der Waals surface area contributed by atoms with E-state index in [0.717, 1.165) is 4.90 Å². The van der Waals surface area contributed by atoms with Crippen molar-refractivity contribution in [2.75, 3.05) is 19.6 Å². The van der Waals surface area contributed by atoms with Gasteiger partial charge in [0.15, 0.2) is 0 Å². The number of likely N-dealkylation sites (N-methyl/N-ethyl adjacent to an activating group) is 1. The van der Waals surface area contributed by atoms with Crippen LogP contribution < -0.4 is 10.6 Å². The standard InChI is InChI=1S/C23H27N5O7S/c1-4-26-10-11-27(19(32)18(26)31)22(35)25-13(12-8-6-5-7-9-12)16(29)24-14-17(30)28-15(21(33)34)23(2,3)36-20(14)28/h5-9,13-15,20H,4,10-11H2,1-3H3,(H,24,29)(H,25,35)(H,33,34)/t13?,14-,15-,20-/m1/s1. The van der Waals surface area contributed by atoms with E-state index in [1.165, 1.54) is 21.6 Å². The summed E-state index contributed by atoms with van der Waals surface area (Å²) in [7, 11) is 0. The molecule has 0 spiro atoms. The van der Waals surface area contributed by atoms with Crippen LogP contribution in [-0.4, -0.2) is 97.3 Å². The van der Waals surface area contributed by atoms with Gasteiger partial charge in [0.25, 0.3) is 0 Å². The van der Waals surface area contributed by atoms with Gasteiger partial charge in [0, 0.05) is 24.4 Å². The number of imide groups is 1. The van der Waals surface area contributed by atoms with Crippen LogP contribution in [0.4, 0.5) is 4.79 Å². The molecular weight excluding hydrogens is 490 g/mol. The maximum atomic E-state index is 13.3. The van der Waals surface area contributed by atoms with E-state index in [-0.39, 0.29) is 13.1 Å². The number of thioether (sulfide) groups is 1. The first-order chi connectivity index (χ1) is 17.0. The zero-order valence-electron chi connectivity index (χ0n) is 20.0. The lowest BCUT2D eigenvalue weighted by atomic mass is 9.95. The van der Waals surface area contributed by atoms with Crippen LogP contribution in [0.25, 0.3) is 0 Å². The first-order valence-corrected chi connectivity index (χ1v) is 12.3. The van der Waals surface area contributed by atoms with Gasteiger partial charge in [-0.3, -0.25) is 24.1 Å². The first kappa shape index (κ1) is 25.5. The van der Waals surface area contributed by atoms with Gasteiger partial charge in [0.1, 0.15) is 23.5 Å². The summed E-state index contributed by atoms with van der Waals surface area (Å²) in [6.07, 6.45) is 0. The van der Waals surface area contributed by atoms with Gasteiger partial charge in [-0.2, -0.15) is 0 Å². The van der Waals surface area contributed by atoms with Crippen molar-refractivity contribution in [1.82, 2.24) is 25.3 Å². The maximum Gasteiger partial charge on any atom is 0.327 e. The number of aliphatic carboxylic acids is 1. The fraction of sp³-hybridized carbons (Fsp3) is 0.478. The summed E-state index contributed by atoms with van der Waals surface area (Å²) < 4.78 is -0.758. The van der Waals surface area contributed by atoms with Gasteiger partial charge >= 0.3 is 23.8 Å². The van der Waals surface area contributed by atoms with E-state index in [4.69, 9.17) is 0 Å². The predicted molar refractivity (Wildman–Crippen MR) is 127 cm³/mol. The minimum absolute atomic E-state index is 0.0200. The number of carbonyl (C=O) groups is 6. The summed E-state index contributed by atoms with van der Waals surface area (Å²) in [5.74, 6) is -4.12. The fourth-order valence-corrected chi connectivity index (χ4v) is 6.32. The second-order valence-corrected chi connectivity index (χ2v) is 11.0. The molecule has 0 aliphatic carbocycles. The number of benzene rings is 1. The normalized spacial score (nSPS) is 25.7. The number of β-lactam (4-membered cyclic amide) rings is 1. The minimum atomic E-state index is -1.26. The molecule has 0 saturated carbocycles. The Morgan fingerprint density at radius 1 is 1.11 bits per heavy atom. The highest BCUT2D eigenvalue weighted by atomic mass is 32.2. The van der Waals surface area contributed by atoms with Crippen LogP contribution in [0.15, 0.2) is 30.3 Å². The number of nitrogens with one attached hydrogen (secondary N) is 2. The molecule has 3 N–H and O–H groups in total. The summed E-state index contributed by atoms with van der Waals surface area (Å²) >= 11 is 1.28. The Labute approximate surface area is 211 Å². The van der Waals surface area contributed by atoms with Crippen LogP contribution in [-0.2, 0) is 24.0 Å². The molecule has 1 unspecified atom stereocenters. The van der Waals surface area contributed by atoms with E-state index in [0.29, 0.717) is 12.1 Å². The fourth-order valence-electron chi connectivity index (χ4n) is 4.70. The number of nitrogens with zero attached hydrogens (tertiary/aromatic N) is 3. The Morgan fingerprint density at radius 3 is 2.39 bits per heavy atom. The number of amides is 6. The van der Waals surface area contributed by atoms with Crippen molar-refractivity contribution >= 4 is 47.4 Å². The maximum absolute atomic E-state index is 13.3.